The van der Waals surface area contributed by atoms with Gasteiger partial charge in [0, 0.05) is 17.2 Å². The maximum Gasteiger partial charge on any atom is 0.341 e. The van der Waals surface area contributed by atoms with E-state index in [2.05, 4.69) is 0 Å². The van der Waals surface area contributed by atoms with Gasteiger partial charge in [-0.3, -0.25) is 10.1 Å². The summed E-state index contributed by atoms with van der Waals surface area (Å²) in [6.45, 7) is 1.54. The molecular weight excluding hydrogens is 313 g/mol. The van der Waals surface area contributed by atoms with E-state index in [1.165, 1.54) is 30.3 Å². The summed E-state index contributed by atoms with van der Waals surface area (Å²) in [4.78, 5) is 22.2. The number of rotatable bonds is 4. The minimum atomic E-state index is -0.890. The second kappa shape index (κ2) is 6.53. The Hall–Kier alpha value is -2.47. The van der Waals surface area contributed by atoms with Gasteiger partial charge in [0.15, 0.2) is 0 Å². The van der Waals surface area contributed by atoms with Crippen molar-refractivity contribution >= 4 is 23.3 Å². The molecule has 0 saturated carbocycles. The highest BCUT2D eigenvalue weighted by molar-refractivity contribution is 6.30. The summed E-state index contributed by atoms with van der Waals surface area (Å²) in [6, 6.07) is 9.24. The number of carbonyl (C=O) groups is 1. The average molecular weight is 324 g/mol. The molecule has 22 heavy (non-hydrogen) atoms. The molecule has 0 aliphatic carbocycles. The highest BCUT2D eigenvalue weighted by Gasteiger charge is 2.19. The molecule has 114 valence electrons. The van der Waals surface area contributed by atoms with Gasteiger partial charge >= 0.3 is 5.97 Å². The molecule has 0 heterocycles. The zero-order chi connectivity index (χ0) is 16.3. The van der Waals surface area contributed by atoms with Crippen LogP contribution in [0.4, 0.5) is 10.1 Å². The second-order valence-corrected chi connectivity index (χ2v) is 4.96. The van der Waals surface area contributed by atoms with E-state index in [-0.39, 0.29) is 16.3 Å². The third-order valence-electron chi connectivity index (χ3n) is 2.98. The molecule has 0 spiro atoms. The normalized spacial score (nSPS) is 11.8. The first kappa shape index (κ1) is 15.9. The van der Waals surface area contributed by atoms with E-state index >= 15 is 0 Å². The van der Waals surface area contributed by atoms with Crippen molar-refractivity contribution in [3.8, 4) is 0 Å². The van der Waals surface area contributed by atoms with Crippen LogP contribution in [0.2, 0.25) is 5.02 Å². The Labute approximate surface area is 130 Å². The summed E-state index contributed by atoms with van der Waals surface area (Å²) in [6.07, 6.45) is -0.772. The molecule has 0 aliphatic heterocycles. The summed E-state index contributed by atoms with van der Waals surface area (Å²) in [7, 11) is 0. The quantitative estimate of drug-likeness (QED) is 0.477. The van der Waals surface area contributed by atoms with Crippen molar-refractivity contribution in [2.45, 2.75) is 13.0 Å². The largest absolute Gasteiger partial charge is 0.454 e. The number of ether oxygens (including phenoxy) is 1. The summed E-state index contributed by atoms with van der Waals surface area (Å²) >= 11 is 5.72. The van der Waals surface area contributed by atoms with Gasteiger partial charge in [0.25, 0.3) is 5.69 Å². The van der Waals surface area contributed by atoms with Crippen LogP contribution in [0, 0.1) is 15.9 Å². The van der Waals surface area contributed by atoms with E-state index in [1.54, 1.807) is 13.0 Å². The molecule has 0 bridgehead atoms. The maximum absolute atomic E-state index is 13.6. The molecule has 2 aromatic rings. The van der Waals surface area contributed by atoms with Gasteiger partial charge in [-0.15, -0.1) is 0 Å². The Kier molecular flexibility index (Phi) is 4.72. The molecule has 0 saturated heterocycles. The van der Waals surface area contributed by atoms with Crippen LogP contribution in [0.3, 0.4) is 0 Å². The summed E-state index contributed by atoms with van der Waals surface area (Å²) in [5, 5.41) is 10.9. The lowest BCUT2D eigenvalue weighted by molar-refractivity contribution is -0.385. The van der Waals surface area contributed by atoms with E-state index in [1.807, 2.05) is 0 Å². The van der Waals surface area contributed by atoms with Gasteiger partial charge in [-0.25, -0.2) is 9.18 Å². The average Bonchev–Trinajstić information content (AvgIpc) is 2.49. The Morgan fingerprint density at radius 3 is 2.73 bits per heavy atom. The SMILES string of the molecule is CC(OC(=O)c1cc(Cl)ccc1F)c1cccc([N+](=O)[O-])c1. The molecule has 0 amide bonds. The first-order valence-corrected chi connectivity index (χ1v) is 6.66. The Morgan fingerprint density at radius 2 is 2.05 bits per heavy atom. The van der Waals surface area contributed by atoms with Crippen LogP contribution in [0.25, 0.3) is 0 Å². The molecule has 1 unspecified atom stereocenters. The standard InChI is InChI=1S/C15H11ClFNO4/c1-9(10-3-2-4-12(7-10)18(20)21)22-15(19)13-8-11(16)5-6-14(13)17/h2-9H,1H3. The lowest BCUT2D eigenvalue weighted by Gasteiger charge is -2.14. The van der Waals surface area contributed by atoms with Crippen LogP contribution < -0.4 is 0 Å². The number of carbonyl (C=O) groups excluding carboxylic acids is 1. The van der Waals surface area contributed by atoms with E-state index in [4.69, 9.17) is 16.3 Å². The van der Waals surface area contributed by atoms with Crippen molar-refractivity contribution < 1.29 is 18.8 Å². The lowest BCUT2D eigenvalue weighted by atomic mass is 10.1. The zero-order valence-corrected chi connectivity index (χ0v) is 12.2. The highest BCUT2D eigenvalue weighted by atomic mass is 35.5. The van der Waals surface area contributed by atoms with E-state index in [0.717, 1.165) is 6.07 Å². The minimum absolute atomic E-state index is 0.116. The number of nitrogens with zero attached hydrogens (tertiary/aromatic N) is 1. The fourth-order valence-corrected chi connectivity index (χ4v) is 2.01. The highest BCUT2D eigenvalue weighted by Crippen LogP contribution is 2.24. The predicted octanol–water partition coefficient (Wildman–Crippen LogP) is 4.31. The van der Waals surface area contributed by atoms with Gasteiger partial charge in [0.05, 0.1) is 10.5 Å². The van der Waals surface area contributed by atoms with Crippen molar-refractivity contribution in [2.75, 3.05) is 0 Å². The number of halogens is 2. The molecule has 0 radical (unpaired) electrons. The molecule has 2 rings (SSSR count). The predicted molar refractivity (Wildman–Crippen MR) is 78.3 cm³/mol. The summed E-state index contributed by atoms with van der Waals surface area (Å²) in [5.74, 6) is -1.64. The van der Waals surface area contributed by atoms with Crippen LogP contribution in [0.1, 0.15) is 28.9 Å². The van der Waals surface area contributed by atoms with Gasteiger partial charge in [0.1, 0.15) is 11.9 Å². The summed E-state index contributed by atoms with van der Waals surface area (Å²) < 4.78 is 18.7. The van der Waals surface area contributed by atoms with Crippen molar-refractivity contribution in [3.05, 3.63) is 74.5 Å². The molecule has 0 aromatic heterocycles. The zero-order valence-electron chi connectivity index (χ0n) is 11.5. The van der Waals surface area contributed by atoms with Crippen molar-refractivity contribution in [3.63, 3.8) is 0 Å². The van der Waals surface area contributed by atoms with Crippen molar-refractivity contribution in [2.24, 2.45) is 0 Å². The fourth-order valence-electron chi connectivity index (χ4n) is 1.84. The fraction of sp³-hybridized carbons (Fsp3) is 0.133. The molecule has 0 fully saturated rings. The minimum Gasteiger partial charge on any atom is -0.454 e. The first-order valence-electron chi connectivity index (χ1n) is 6.29. The number of nitro benzene ring substituents is 1. The lowest BCUT2D eigenvalue weighted by Crippen LogP contribution is -2.11. The van der Waals surface area contributed by atoms with Gasteiger partial charge in [-0.1, -0.05) is 23.7 Å². The molecular formula is C15H11ClFNO4. The molecule has 2 aromatic carbocycles. The molecule has 0 aliphatic rings. The second-order valence-electron chi connectivity index (χ2n) is 4.52. The third kappa shape index (κ3) is 3.59. The van der Waals surface area contributed by atoms with Gasteiger partial charge in [-0.05, 0) is 30.7 Å². The Morgan fingerprint density at radius 1 is 1.32 bits per heavy atom. The van der Waals surface area contributed by atoms with Crippen LogP contribution in [-0.4, -0.2) is 10.9 Å². The number of esters is 1. The molecule has 1 atom stereocenters. The first-order chi connectivity index (χ1) is 10.4. The van der Waals surface area contributed by atoms with Crippen LogP contribution in [-0.2, 0) is 4.74 Å². The van der Waals surface area contributed by atoms with Gasteiger partial charge in [-0.2, -0.15) is 0 Å². The topological polar surface area (TPSA) is 69.4 Å². The van der Waals surface area contributed by atoms with Gasteiger partial charge in [0.2, 0.25) is 0 Å². The number of nitro groups is 1. The van der Waals surface area contributed by atoms with Gasteiger partial charge < -0.3 is 4.74 Å². The smallest absolute Gasteiger partial charge is 0.341 e. The van der Waals surface area contributed by atoms with Crippen LogP contribution in [0.5, 0.6) is 0 Å². The monoisotopic (exact) mass is 323 g/mol. The van der Waals surface area contributed by atoms with E-state index in [9.17, 15) is 19.3 Å². The van der Waals surface area contributed by atoms with E-state index in [0.29, 0.717) is 5.56 Å². The van der Waals surface area contributed by atoms with Crippen molar-refractivity contribution in [1.82, 2.24) is 0 Å². The molecule has 5 nitrogen and oxygen atoms in total. The maximum atomic E-state index is 13.6. The Balaban J connectivity index is 2.19. The van der Waals surface area contributed by atoms with Crippen LogP contribution in [0.15, 0.2) is 42.5 Å². The van der Waals surface area contributed by atoms with Crippen LogP contribution >= 0.6 is 11.6 Å². The number of hydrogen-bond donors (Lipinski definition) is 0. The number of non-ortho nitro benzene ring substituents is 1. The number of hydrogen-bond acceptors (Lipinski definition) is 4. The summed E-state index contributed by atoms with van der Waals surface area (Å²) in [5.41, 5.74) is 0.0316. The van der Waals surface area contributed by atoms with E-state index < -0.39 is 22.8 Å². The number of benzene rings is 2. The third-order valence-corrected chi connectivity index (χ3v) is 3.22. The molecule has 0 N–H and O–H groups in total. The van der Waals surface area contributed by atoms with Crippen molar-refractivity contribution in [1.29, 1.82) is 0 Å². The molecule has 7 heteroatoms. The Bertz CT molecular complexity index is 735.